The Morgan fingerprint density at radius 2 is 1.90 bits per heavy atom. The lowest BCUT2D eigenvalue weighted by Crippen LogP contribution is -2.23. The molecule has 0 saturated carbocycles. The second-order valence-corrected chi connectivity index (χ2v) is 6.19. The zero-order valence-corrected chi connectivity index (χ0v) is 14.2. The standard InChI is InChI=1S/C17H18BrClFN/c1-2-21-11-14(12-6-4-3-5-7-12)10-13-8-9-15(18)16(19)17(13)20/h3-9,14,21H,2,10-11H2,1H3. The van der Waals surface area contributed by atoms with Crippen LogP contribution in [0.1, 0.15) is 24.0 Å². The lowest BCUT2D eigenvalue weighted by Gasteiger charge is -2.19. The molecular formula is C17H18BrClFN. The number of hydrogen-bond donors (Lipinski definition) is 1. The molecule has 0 aromatic heterocycles. The normalized spacial score (nSPS) is 12.4. The summed E-state index contributed by atoms with van der Waals surface area (Å²) in [6, 6.07) is 13.8. The van der Waals surface area contributed by atoms with Crippen molar-refractivity contribution < 1.29 is 4.39 Å². The summed E-state index contributed by atoms with van der Waals surface area (Å²) in [4.78, 5) is 0. The molecule has 2 aromatic rings. The quantitative estimate of drug-likeness (QED) is 0.691. The minimum absolute atomic E-state index is 0.155. The Morgan fingerprint density at radius 3 is 2.57 bits per heavy atom. The molecule has 0 spiro atoms. The van der Waals surface area contributed by atoms with Crippen molar-refractivity contribution in [2.75, 3.05) is 13.1 Å². The predicted molar refractivity (Wildman–Crippen MR) is 90.5 cm³/mol. The molecule has 21 heavy (non-hydrogen) atoms. The zero-order chi connectivity index (χ0) is 15.2. The van der Waals surface area contributed by atoms with Gasteiger partial charge in [0.1, 0.15) is 5.82 Å². The molecular weight excluding hydrogens is 353 g/mol. The summed E-state index contributed by atoms with van der Waals surface area (Å²) in [6.07, 6.45) is 0.621. The van der Waals surface area contributed by atoms with Crippen LogP contribution >= 0.6 is 27.5 Å². The zero-order valence-electron chi connectivity index (χ0n) is 11.9. The van der Waals surface area contributed by atoms with Crippen molar-refractivity contribution in [2.24, 2.45) is 0 Å². The van der Waals surface area contributed by atoms with E-state index >= 15 is 0 Å². The maximum atomic E-state index is 14.3. The van der Waals surface area contributed by atoms with Crippen LogP contribution in [0.4, 0.5) is 4.39 Å². The highest BCUT2D eigenvalue weighted by molar-refractivity contribution is 9.10. The monoisotopic (exact) mass is 369 g/mol. The topological polar surface area (TPSA) is 12.0 Å². The van der Waals surface area contributed by atoms with Gasteiger partial charge in [0.15, 0.2) is 0 Å². The average molecular weight is 371 g/mol. The number of likely N-dealkylation sites (N-methyl/N-ethyl adjacent to an activating group) is 1. The molecule has 1 nitrogen and oxygen atoms in total. The van der Waals surface area contributed by atoms with E-state index in [9.17, 15) is 4.39 Å². The highest BCUT2D eigenvalue weighted by Gasteiger charge is 2.17. The van der Waals surface area contributed by atoms with E-state index in [1.807, 2.05) is 18.2 Å². The van der Waals surface area contributed by atoms with Gasteiger partial charge in [-0.05, 0) is 46.1 Å². The van der Waals surface area contributed by atoms with Crippen molar-refractivity contribution in [1.29, 1.82) is 0 Å². The number of halogens is 3. The van der Waals surface area contributed by atoms with Gasteiger partial charge in [-0.1, -0.05) is 54.9 Å². The number of rotatable bonds is 6. The van der Waals surface area contributed by atoms with Gasteiger partial charge in [0.05, 0.1) is 5.02 Å². The van der Waals surface area contributed by atoms with Crippen LogP contribution < -0.4 is 5.32 Å². The van der Waals surface area contributed by atoms with E-state index in [4.69, 9.17) is 11.6 Å². The number of benzene rings is 2. The van der Waals surface area contributed by atoms with E-state index in [2.05, 4.69) is 40.3 Å². The van der Waals surface area contributed by atoms with Gasteiger partial charge in [-0.15, -0.1) is 0 Å². The summed E-state index contributed by atoms with van der Waals surface area (Å²) >= 11 is 9.23. The molecule has 0 amide bonds. The van der Waals surface area contributed by atoms with Crippen molar-refractivity contribution >= 4 is 27.5 Å². The van der Waals surface area contributed by atoms with Gasteiger partial charge < -0.3 is 5.32 Å². The molecule has 1 unspecified atom stereocenters. The van der Waals surface area contributed by atoms with Crippen LogP contribution in [0, 0.1) is 5.82 Å². The highest BCUT2D eigenvalue weighted by Crippen LogP contribution is 2.30. The van der Waals surface area contributed by atoms with Gasteiger partial charge in [0.25, 0.3) is 0 Å². The Hall–Kier alpha value is -0.900. The number of nitrogens with one attached hydrogen (secondary N) is 1. The minimum Gasteiger partial charge on any atom is -0.316 e. The summed E-state index contributed by atoms with van der Waals surface area (Å²) in [5.74, 6) is -0.110. The Kier molecular flexibility index (Phi) is 6.22. The number of hydrogen-bond acceptors (Lipinski definition) is 1. The van der Waals surface area contributed by atoms with Gasteiger partial charge in [-0.25, -0.2) is 4.39 Å². The smallest absolute Gasteiger partial charge is 0.146 e. The van der Waals surface area contributed by atoms with Gasteiger partial charge in [-0.2, -0.15) is 0 Å². The van der Waals surface area contributed by atoms with Gasteiger partial charge in [0.2, 0.25) is 0 Å². The molecule has 1 N–H and O–H groups in total. The van der Waals surface area contributed by atoms with Crippen LogP contribution in [-0.2, 0) is 6.42 Å². The first-order valence-electron chi connectivity index (χ1n) is 7.01. The Labute approximate surface area is 138 Å². The SMILES string of the molecule is CCNCC(Cc1ccc(Br)c(Cl)c1F)c1ccccc1. The average Bonchev–Trinajstić information content (AvgIpc) is 2.52. The van der Waals surface area contributed by atoms with Crippen LogP contribution in [0.25, 0.3) is 0 Å². The van der Waals surface area contributed by atoms with E-state index in [1.54, 1.807) is 12.1 Å². The first-order valence-corrected chi connectivity index (χ1v) is 8.18. The minimum atomic E-state index is -0.330. The molecule has 0 heterocycles. The van der Waals surface area contributed by atoms with E-state index < -0.39 is 0 Å². The van der Waals surface area contributed by atoms with Crippen molar-refractivity contribution in [3.8, 4) is 0 Å². The molecule has 4 heteroatoms. The summed E-state index contributed by atoms with van der Waals surface area (Å²) in [7, 11) is 0. The third-order valence-corrected chi connectivity index (χ3v) is 4.75. The first-order chi connectivity index (χ1) is 10.1. The van der Waals surface area contributed by atoms with Crippen molar-refractivity contribution in [2.45, 2.75) is 19.3 Å². The lowest BCUT2D eigenvalue weighted by atomic mass is 9.91. The molecule has 0 saturated heterocycles. The summed E-state index contributed by atoms with van der Waals surface area (Å²) in [5.41, 5.74) is 1.85. The maximum Gasteiger partial charge on any atom is 0.146 e. The van der Waals surface area contributed by atoms with E-state index in [1.165, 1.54) is 5.56 Å². The van der Waals surface area contributed by atoms with Crippen LogP contribution in [0.2, 0.25) is 5.02 Å². The fourth-order valence-electron chi connectivity index (χ4n) is 2.34. The van der Waals surface area contributed by atoms with Crippen LogP contribution in [0.15, 0.2) is 46.9 Å². The molecule has 0 aliphatic heterocycles. The second-order valence-electron chi connectivity index (χ2n) is 4.95. The molecule has 0 aliphatic carbocycles. The van der Waals surface area contributed by atoms with E-state index in [-0.39, 0.29) is 16.8 Å². The summed E-state index contributed by atoms with van der Waals surface area (Å²) in [5, 5.41) is 3.50. The van der Waals surface area contributed by atoms with Gasteiger partial charge in [-0.3, -0.25) is 0 Å². The Balaban J connectivity index is 2.25. The lowest BCUT2D eigenvalue weighted by molar-refractivity contribution is 0.562. The molecule has 2 aromatic carbocycles. The molecule has 1 atom stereocenters. The fraction of sp³-hybridized carbons (Fsp3) is 0.294. The fourth-order valence-corrected chi connectivity index (χ4v) is 2.83. The largest absolute Gasteiger partial charge is 0.316 e. The maximum absolute atomic E-state index is 14.3. The van der Waals surface area contributed by atoms with E-state index in [0.29, 0.717) is 16.5 Å². The molecule has 2 rings (SSSR count). The van der Waals surface area contributed by atoms with Crippen molar-refractivity contribution in [3.63, 3.8) is 0 Å². The van der Waals surface area contributed by atoms with Crippen LogP contribution in [0.5, 0.6) is 0 Å². The second kappa shape index (κ2) is 7.92. The van der Waals surface area contributed by atoms with Crippen molar-refractivity contribution in [1.82, 2.24) is 5.32 Å². The molecule has 112 valence electrons. The van der Waals surface area contributed by atoms with Crippen LogP contribution in [0.3, 0.4) is 0 Å². The molecule has 0 bridgehead atoms. The van der Waals surface area contributed by atoms with E-state index in [0.717, 1.165) is 13.1 Å². The molecule has 0 aliphatic rings. The Morgan fingerprint density at radius 1 is 1.19 bits per heavy atom. The van der Waals surface area contributed by atoms with Gasteiger partial charge in [0, 0.05) is 16.9 Å². The first kappa shape index (κ1) is 16.5. The van der Waals surface area contributed by atoms with Gasteiger partial charge >= 0.3 is 0 Å². The summed E-state index contributed by atoms with van der Waals surface area (Å²) < 4.78 is 14.9. The molecule has 0 radical (unpaired) electrons. The third kappa shape index (κ3) is 4.29. The molecule has 0 fully saturated rings. The third-order valence-electron chi connectivity index (χ3n) is 3.49. The highest BCUT2D eigenvalue weighted by atomic mass is 79.9. The summed E-state index contributed by atoms with van der Waals surface area (Å²) in [6.45, 7) is 3.78. The van der Waals surface area contributed by atoms with Crippen molar-refractivity contribution in [3.05, 3.63) is 68.9 Å². The predicted octanol–water partition coefficient (Wildman–Crippen LogP) is 5.18. The Bertz CT molecular complexity index is 589. The van der Waals surface area contributed by atoms with Crippen LogP contribution in [-0.4, -0.2) is 13.1 Å².